The van der Waals surface area contributed by atoms with Gasteiger partial charge in [-0.3, -0.25) is 4.98 Å². The summed E-state index contributed by atoms with van der Waals surface area (Å²) in [6.07, 6.45) is 6.33. The molecule has 0 aliphatic heterocycles. The summed E-state index contributed by atoms with van der Waals surface area (Å²) in [6.45, 7) is 0. The molecule has 3 heterocycles. The van der Waals surface area contributed by atoms with Crippen LogP contribution in [0.5, 0.6) is 0 Å². The van der Waals surface area contributed by atoms with Crippen molar-refractivity contribution in [3.63, 3.8) is 0 Å². The van der Waals surface area contributed by atoms with Crippen molar-refractivity contribution in [2.45, 2.75) is 0 Å². The quantitative estimate of drug-likeness (QED) is 0.590. The lowest BCUT2D eigenvalue weighted by Gasteiger charge is -2.03. The number of aromatic amines is 1. The number of imidazole rings is 1. The highest BCUT2D eigenvalue weighted by Gasteiger charge is 2.16. The van der Waals surface area contributed by atoms with Crippen LogP contribution in [0.2, 0.25) is 5.02 Å². The van der Waals surface area contributed by atoms with Gasteiger partial charge in [0.05, 0.1) is 22.3 Å². The van der Waals surface area contributed by atoms with Gasteiger partial charge in [-0.25, -0.2) is 19.3 Å². The van der Waals surface area contributed by atoms with E-state index in [2.05, 4.69) is 30.2 Å². The van der Waals surface area contributed by atoms with Gasteiger partial charge in [0.2, 0.25) is 0 Å². The van der Waals surface area contributed by atoms with Crippen LogP contribution in [0, 0.1) is 5.82 Å². The topological polar surface area (TPSA) is 79.4 Å². The number of pyridine rings is 1. The van der Waals surface area contributed by atoms with Crippen molar-refractivity contribution in [2.75, 3.05) is 5.32 Å². The molecule has 0 unspecified atom stereocenters. The normalized spacial score (nSPS) is 10.9. The lowest BCUT2D eigenvalue weighted by Crippen LogP contribution is -1.97. The van der Waals surface area contributed by atoms with Gasteiger partial charge >= 0.3 is 0 Å². The van der Waals surface area contributed by atoms with Gasteiger partial charge in [0.1, 0.15) is 23.0 Å². The monoisotopic (exact) mass is 340 g/mol. The molecule has 0 bridgehead atoms. The molecular formula is C16H10ClFN6. The van der Waals surface area contributed by atoms with Gasteiger partial charge in [-0.2, -0.15) is 0 Å². The molecule has 118 valence electrons. The minimum atomic E-state index is -0.446. The number of hydrogen-bond acceptors (Lipinski definition) is 5. The van der Waals surface area contributed by atoms with Crippen LogP contribution in [0.3, 0.4) is 0 Å². The van der Waals surface area contributed by atoms with E-state index in [0.717, 1.165) is 0 Å². The van der Waals surface area contributed by atoms with Crippen LogP contribution in [0.25, 0.3) is 22.4 Å². The molecule has 0 atom stereocenters. The molecule has 3 aromatic heterocycles. The van der Waals surface area contributed by atoms with E-state index in [4.69, 9.17) is 11.6 Å². The molecule has 0 spiro atoms. The van der Waals surface area contributed by atoms with Crippen molar-refractivity contribution in [3.8, 4) is 11.4 Å². The first kappa shape index (κ1) is 14.5. The Balaban J connectivity index is 1.83. The van der Waals surface area contributed by atoms with E-state index in [1.807, 2.05) is 0 Å². The summed E-state index contributed by atoms with van der Waals surface area (Å²) in [5, 5.41) is 3.33. The van der Waals surface area contributed by atoms with Crippen LogP contribution in [-0.2, 0) is 0 Å². The smallest absolute Gasteiger partial charge is 0.159 e. The molecule has 8 heteroatoms. The number of aromatic nitrogens is 5. The molecule has 4 aromatic rings. The number of anilines is 2. The number of nitrogens with one attached hydrogen (secondary N) is 2. The van der Waals surface area contributed by atoms with Gasteiger partial charge in [0, 0.05) is 18.6 Å². The predicted molar refractivity (Wildman–Crippen MR) is 89.6 cm³/mol. The Morgan fingerprint density at radius 2 is 2.00 bits per heavy atom. The maximum atomic E-state index is 14.1. The minimum Gasteiger partial charge on any atom is -0.338 e. The average Bonchev–Trinajstić information content (AvgIpc) is 3.00. The van der Waals surface area contributed by atoms with Gasteiger partial charge in [-0.05, 0) is 18.2 Å². The molecule has 0 fully saturated rings. The van der Waals surface area contributed by atoms with Crippen LogP contribution in [0.15, 0.2) is 49.1 Å². The molecular weight excluding hydrogens is 331 g/mol. The van der Waals surface area contributed by atoms with E-state index < -0.39 is 5.82 Å². The molecule has 0 saturated heterocycles. The van der Waals surface area contributed by atoms with Crippen LogP contribution >= 0.6 is 11.6 Å². The summed E-state index contributed by atoms with van der Waals surface area (Å²) in [6, 6.07) is 6.25. The second-order valence-electron chi connectivity index (χ2n) is 4.95. The van der Waals surface area contributed by atoms with E-state index >= 15 is 0 Å². The molecule has 1 aromatic carbocycles. The van der Waals surface area contributed by atoms with Gasteiger partial charge in [0.25, 0.3) is 0 Å². The highest BCUT2D eigenvalue weighted by Crippen LogP contribution is 2.31. The predicted octanol–water partition coefficient (Wildman–Crippen LogP) is 3.95. The number of H-pyrrole nitrogens is 1. The third-order valence-electron chi connectivity index (χ3n) is 3.41. The molecule has 0 aliphatic rings. The maximum absolute atomic E-state index is 14.1. The largest absolute Gasteiger partial charge is 0.338 e. The minimum absolute atomic E-state index is 0.223. The standard InChI is InChI=1S/C16H10ClFN6/c17-9-2-1-3-10(18)13(9)15-22-11-4-5-21-16(14(11)24-15)23-12-8-19-6-7-20-12/h1-8H,(H,22,24)(H,20,21,23). The number of halogens is 2. The third kappa shape index (κ3) is 2.55. The van der Waals surface area contributed by atoms with Crippen molar-refractivity contribution in [2.24, 2.45) is 0 Å². The summed E-state index contributed by atoms with van der Waals surface area (Å²) in [4.78, 5) is 19.9. The summed E-state index contributed by atoms with van der Waals surface area (Å²) in [5.74, 6) is 0.912. The number of rotatable bonds is 3. The molecule has 2 N–H and O–H groups in total. The zero-order valence-electron chi connectivity index (χ0n) is 12.2. The fraction of sp³-hybridized carbons (Fsp3) is 0. The van der Waals surface area contributed by atoms with E-state index in [1.54, 1.807) is 43.0 Å². The second kappa shape index (κ2) is 5.86. The summed E-state index contributed by atoms with van der Waals surface area (Å²) in [5.41, 5.74) is 1.48. The number of hydrogen-bond donors (Lipinski definition) is 2. The molecule has 0 aliphatic carbocycles. The molecule has 0 saturated carbocycles. The number of fused-ring (bicyclic) bond motifs is 1. The molecule has 4 rings (SSSR count). The first-order valence-electron chi connectivity index (χ1n) is 7.04. The third-order valence-corrected chi connectivity index (χ3v) is 3.73. The zero-order chi connectivity index (χ0) is 16.5. The molecule has 0 radical (unpaired) electrons. The Morgan fingerprint density at radius 1 is 1.08 bits per heavy atom. The first-order valence-corrected chi connectivity index (χ1v) is 7.42. The van der Waals surface area contributed by atoms with E-state index in [-0.39, 0.29) is 10.6 Å². The van der Waals surface area contributed by atoms with Gasteiger partial charge < -0.3 is 10.3 Å². The highest BCUT2D eigenvalue weighted by atomic mass is 35.5. The highest BCUT2D eigenvalue weighted by molar-refractivity contribution is 6.33. The second-order valence-corrected chi connectivity index (χ2v) is 5.36. The Kier molecular flexibility index (Phi) is 3.55. The fourth-order valence-electron chi connectivity index (χ4n) is 2.35. The van der Waals surface area contributed by atoms with E-state index in [1.165, 1.54) is 6.07 Å². The van der Waals surface area contributed by atoms with Crippen molar-refractivity contribution in [1.82, 2.24) is 24.9 Å². The van der Waals surface area contributed by atoms with Gasteiger partial charge in [-0.1, -0.05) is 17.7 Å². The average molecular weight is 341 g/mol. The summed E-state index contributed by atoms with van der Waals surface area (Å²) < 4.78 is 14.1. The fourth-order valence-corrected chi connectivity index (χ4v) is 2.61. The van der Waals surface area contributed by atoms with Crippen LogP contribution in [0.4, 0.5) is 16.0 Å². The van der Waals surface area contributed by atoms with Crippen LogP contribution in [0.1, 0.15) is 0 Å². The van der Waals surface area contributed by atoms with Crippen molar-refractivity contribution < 1.29 is 4.39 Å². The number of benzene rings is 1. The summed E-state index contributed by atoms with van der Waals surface area (Å²) in [7, 11) is 0. The Labute approximate surface area is 140 Å². The Hall–Kier alpha value is -3.06. The zero-order valence-corrected chi connectivity index (χ0v) is 12.9. The van der Waals surface area contributed by atoms with Crippen LogP contribution in [-0.4, -0.2) is 24.9 Å². The van der Waals surface area contributed by atoms with Gasteiger partial charge in [-0.15, -0.1) is 0 Å². The Bertz CT molecular complexity index is 997. The summed E-state index contributed by atoms with van der Waals surface area (Å²) >= 11 is 6.11. The molecule has 0 amide bonds. The van der Waals surface area contributed by atoms with E-state index in [9.17, 15) is 4.39 Å². The van der Waals surface area contributed by atoms with Gasteiger partial charge in [0.15, 0.2) is 5.82 Å². The van der Waals surface area contributed by atoms with E-state index in [0.29, 0.717) is 28.5 Å². The maximum Gasteiger partial charge on any atom is 0.159 e. The van der Waals surface area contributed by atoms with Crippen molar-refractivity contribution in [1.29, 1.82) is 0 Å². The molecule has 24 heavy (non-hydrogen) atoms. The number of nitrogens with zero attached hydrogens (tertiary/aromatic N) is 4. The lowest BCUT2D eigenvalue weighted by atomic mass is 10.2. The van der Waals surface area contributed by atoms with Crippen molar-refractivity contribution >= 4 is 34.3 Å². The van der Waals surface area contributed by atoms with Crippen LogP contribution < -0.4 is 5.32 Å². The first-order chi connectivity index (χ1) is 11.7. The Morgan fingerprint density at radius 3 is 2.79 bits per heavy atom. The van der Waals surface area contributed by atoms with Crippen molar-refractivity contribution in [3.05, 3.63) is 59.9 Å². The SMILES string of the molecule is Fc1cccc(Cl)c1-c1nc2c(Nc3cnccn3)nccc2[nH]1. The lowest BCUT2D eigenvalue weighted by molar-refractivity contribution is 0.630. The molecule has 6 nitrogen and oxygen atoms in total.